The molecule has 10 heteroatoms. The van der Waals surface area contributed by atoms with Crippen molar-refractivity contribution < 1.29 is 22.7 Å². The first kappa shape index (κ1) is 22.2. The second-order valence-electron chi connectivity index (χ2n) is 7.92. The topological polar surface area (TPSA) is 101 Å². The number of rotatable bonds is 4. The van der Waals surface area contributed by atoms with Crippen molar-refractivity contribution in [3.05, 3.63) is 58.1 Å². The summed E-state index contributed by atoms with van der Waals surface area (Å²) in [7, 11) is -3.72. The third-order valence-electron chi connectivity index (χ3n) is 5.75. The number of nitrogens with zero attached hydrogens (tertiary/aromatic N) is 2. The number of aromatic nitrogens is 1. The van der Waals surface area contributed by atoms with E-state index < -0.39 is 16.0 Å². The first-order valence-electron chi connectivity index (χ1n) is 10.3. The lowest BCUT2D eigenvalue weighted by molar-refractivity contribution is 0.0699. The maximum Gasteiger partial charge on any atom is 0.336 e. The van der Waals surface area contributed by atoms with Gasteiger partial charge in [0.2, 0.25) is 10.0 Å². The average molecular weight is 505 g/mol. The largest absolute Gasteiger partial charge is 0.478 e. The molecule has 3 heterocycles. The Balaban J connectivity index is 1.65. The molecule has 0 unspecified atom stereocenters. The summed E-state index contributed by atoms with van der Waals surface area (Å²) in [4.78, 5) is 16.7. The minimum absolute atomic E-state index is 0.0547. The summed E-state index contributed by atoms with van der Waals surface area (Å²) in [5, 5.41) is 11.5. The lowest BCUT2D eigenvalue weighted by Crippen LogP contribution is -2.35. The minimum Gasteiger partial charge on any atom is -0.478 e. The zero-order valence-electron chi connectivity index (χ0n) is 17.2. The van der Waals surface area contributed by atoms with Crippen LogP contribution in [-0.2, 0) is 10.0 Å². The monoisotopic (exact) mass is 504 g/mol. The number of carboxylic acids is 1. The zero-order valence-corrected chi connectivity index (χ0v) is 19.5. The van der Waals surface area contributed by atoms with E-state index in [0.29, 0.717) is 45.4 Å². The normalized spacial score (nSPS) is 15.3. The molecule has 7 nitrogen and oxygen atoms in total. The van der Waals surface area contributed by atoms with Crippen molar-refractivity contribution in [1.82, 2.24) is 9.29 Å². The van der Waals surface area contributed by atoms with Crippen molar-refractivity contribution in [3.63, 3.8) is 0 Å². The number of hydrogen-bond donors (Lipinski definition) is 1. The smallest absolute Gasteiger partial charge is 0.336 e. The first-order chi connectivity index (χ1) is 15.7. The van der Waals surface area contributed by atoms with Gasteiger partial charge in [0, 0.05) is 28.9 Å². The second-order valence-corrected chi connectivity index (χ2v) is 10.7. The fraction of sp³-hybridized carbons (Fsp3) is 0.217. The molecule has 0 aliphatic carbocycles. The number of hydrogen-bond acceptors (Lipinski definition) is 5. The summed E-state index contributed by atoms with van der Waals surface area (Å²) in [6.07, 6.45) is 2.62. The first-order valence-corrected chi connectivity index (χ1v) is 12.5. The molecule has 0 saturated carbocycles. The predicted octanol–water partition coefficient (Wildman–Crippen LogP) is 5.83. The van der Waals surface area contributed by atoms with Crippen LogP contribution in [0.4, 0.5) is 0 Å². The van der Waals surface area contributed by atoms with Gasteiger partial charge in [-0.05, 0) is 55.3 Å². The van der Waals surface area contributed by atoms with E-state index in [1.807, 2.05) is 0 Å². The molecule has 5 rings (SSSR count). The lowest BCUT2D eigenvalue weighted by Gasteiger charge is -2.26. The van der Waals surface area contributed by atoms with Gasteiger partial charge in [0.15, 0.2) is 11.3 Å². The molecule has 1 saturated heterocycles. The van der Waals surface area contributed by atoms with E-state index in [-0.39, 0.29) is 21.5 Å². The van der Waals surface area contributed by atoms with Crippen molar-refractivity contribution in [2.75, 3.05) is 13.1 Å². The Bertz CT molecular complexity index is 1530. The third-order valence-corrected chi connectivity index (χ3v) is 8.15. The highest BCUT2D eigenvalue weighted by Gasteiger charge is 2.27. The van der Waals surface area contributed by atoms with Crippen LogP contribution in [0.15, 0.2) is 51.8 Å². The number of sulfonamides is 1. The van der Waals surface area contributed by atoms with Gasteiger partial charge in [-0.3, -0.25) is 0 Å². The Hall–Kier alpha value is -2.65. The number of fused-ring (bicyclic) bond motifs is 2. The van der Waals surface area contributed by atoms with Gasteiger partial charge < -0.3 is 9.52 Å². The fourth-order valence-corrected chi connectivity index (χ4v) is 6.22. The van der Waals surface area contributed by atoms with Crippen LogP contribution >= 0.6 is 23.2 Å². The number of benzene rings is 2. The Morgan fingerprint density at radius 1 is 1.03 bits per heavy atom. The molecule has 170 valence electrons. The van der Waals surface area contributed by atoms with Gasteiger partial charge in [-0.2, -0.15) is 4.31 Å². The second kappa shape index (κ2) is 8.29. The highest BCUT2D eigenvalue weighted by Crippen LogP contribution is 2.35. The van der Waals surface area contributed by atoms with Gasteiger partial charge in [-0.25, -0.2) is 18.2 Å². The van der Waals surface area contributed by atoms with Crippen LogP contribution in [0.2, 0.25) is 10.0 Å². The van der Waals surface area contributed by atoms with Crippen LogP contribution in [0, 0.1) is 0 Å². The van der Waals surface area contributed by atoms with Crippen molar-refractivity contribution in [1.29, 1.82) is 0 Å². The average Bonchev–Trinajstić information content (AvgIpc) is 3.23. The number of piperidine rings is 1. The molecular formula is C23H18Cl2N2O5S. The maximum atomic E-state index is 13.1. The fourth-order valence-electron chi connectivity index (χ4n) is 4.12. The molecule has 33 heavy (non-hydrogen) atoms. The van der Waals surface area contributed by atoms with Gasteiger partial charge >= 0.3 is 5.97 Å². The summed E-state index contributed by atoms with van der Waals surface area (Å²) in [6.45, 7) is 0.921. The standard InChI is InChI=1S/C23H18Cl2N2O5S/c24-14-8-13-9-21(32-22(13)18(25)10-14)20-12-17(23(28)29)16-11-15(4-5-19(16)26-20)33(30,31)27-6-2-1-3-7-27/h4-5,8-12H,1-3,6-7H2,(H,28,29). The number of halogens is 2. The van der Waals surface area contributed by atoms with Crippen LogP contribution < -0.4 is 0 Å². The van der Waals surface area contributed by atoms with E-state index in [2.05, 4.69) is 4.98 Å². The van der Waals surface area contributed by atoms with Crippen LogP contribution in [0.5, 0.6) is 0 Å². The summed E-state index contributed by atoms with van der Waals surface area (Å²) in [6, 6.07) is 10.7. The number of aromatic carboxylic acids is 1. The predicted molar refractivity (Wildman–Crippen MR) is 127 cm³/mol. The van der Waals surface area contributed by atoms with E-state index in [9.17, 15) is 18.3 Å². The number of carboxylic acid groups (broad SMARTS) is 1. The van der Waals surface area contributed by atoms with E-state index in [0.717, 1.165) is 19.3 Å². The summed E-state index contributed by atoms with van der Waals surface area (Å²) >= 11 is 12.3. The summed E-state index contributed by atoms with van der Waals surface area (Å²) in [5.41, 5.74) is 0.968. The molecule has 1 aliphatic heterocycles. The van der Waals surface area contributed by atoms with E-state index in [1.54, 1.807) is 18.2 Å². The van der Waals surface area contributed by atoms with Crippen molar-refractivity contribution >= 4 is 61.1 Å². The van der Waals surface area contributed by atoms with Crippen molar-refractivity contribution in [3.8, 4) is 11.5 Å². The molecule has 1 aliphatic rings. The molecule has 1 fully saturated rings. The number of carbonyl (C=O) groups is 1. The van der Waals surface area contributed by atoms with Gasteiger partial charge in [0.05, 0.1) is 21.0 Å². The molecule has 1 N–H and O–H groups in total. The molecule has 2 aromatic heterocycles. The SMILES string of the molecule is O=C(O)c1cc(-c2cc3cc(Cl)cc(Cl)c3o2)nc2ccc(S(=O)(=O)N3CCCCC3)cc12. The number of pyridine rings is 1. The Kier molecular flexibility index (Phi) is 5.56. The van der Waals surface area contributed by atoms with Crippen molar-refractivity contribution in [2.24, 2.45) is 0 Å². The van der Waals surface area contributed by atoms with Crippen molar-refractivity contribution in [2.45, 2.75) is 24.2 Å². The highest BCUT2D eigenvalue weighted by molar-refractivity contribution is 7.89. The lowest BCUT2D eigenvalue weighted by atomic mass is 10.1. The van der Waals surface area contributed by atoms with Gasteiger partial charge in [-0.15, -0.1) is 0 Å². The minimum atomic E-state index is -3.72. The molecule has 0 spiro atoms. The third kappa shape index (κ3) is 3.97. The molecule has 4 aromatic rings. The molecule has 0 bridgehead atoms. The van der Waals surface area contributed by atoms with Gasteiger partial charge in [0.1, 0.15) is 5.69 Å². The molecule has 2 aromatic carbocycles. The van der Waals surface area contributed by atoms with Crippen LogP contribution in [0.1, 0.15) is 29.6 Å². The molecule has 0 amide bonds. The highest BCUT2D eigenvalue weighted by atomic mass is 35.5. The molecule has 0 radical (unpaired) electrons. The molecule has 0 atom stereocenters. The van der Waals surface area contributed by atoms with Gasteiger partial charge in [-0.1, -0.05) is 29.6 Å². The summed E-state index contributed by atoms with van der Waals surface area (Å²) in [5.74, 6) is -0.878. The van der Waals surface area contributed by atoms with Crippen LogP contribution in [0.25, 0.3) is 33.3 Å². The van der Waals surface area contributed by atoms with Crippen LogP contribution in [-0.4, -0.2) is 41.9 Å². The quantitative estimate of drug-likeness (QED) is 0.375. The Morgan fingerprint density at radius 2 is 1.79 bits per heavy atom. The Morgan fingerprint density at radius 3 is 2.52 bits per heavy atom. The molecular weight excluding hydrogens is 487 g/mol. The maximum absolute atomic E-state index is 13.1. The number of furan rings is 1. The van der Waals surface area contributed by atoms with Gasteiger partial charge in [0.25, 0.3) is 0 Å². The van der Waals surface area contributed by atoms with E-state index >= 15 is 0 Å². The van der Waals surface area contributed by atoms with E-state index in [4.69, 9.17) is 27.6 Å². The zero-order chi connectivity index (χ0) is 23.3. The Labute approximate surface area is 199 Å². The summed E-state index contributed by atoms with van der Waals surface area (Å²) < 4.78 is 33.4. The van der Waals surface area contributed by atoms with Crippen LogP contribution in [0.3, 0.4) is 0 Å². The van der Waals surface area contributed by atoms with E-state index in [1.165, 1.54) is 28.6 Å².